The lowest BCUT2D eigenvalue weighted by Crippen LogP contribution is -2.43. The fourth-order valence-corrected chi connectivity index (χ4v) is 3.94. The number of halogens is 1. The molecule has 0 atom stereocenters. The summed E-state index contributed by atoms with van der Waals surface area (Å²) >= 11 is 7.57. The maximum atomic E-state index is 12.6. The molecule has 1 heterocycles. The number of thioether (sulfide) groups is 1. The quantitative estimate of drug-likeness (QED) is 0.189. The van der Waals surface area contributed by atoms with Crippen LogP contribution in [0.1, 0.15) is 0 Å². The fraction of sp³-hybridized carbons (Fsp3) is 0.0870. The Kier molecular flexibility index (Phi) is 6.71. The van der Waals surface area contributed by atoms with Crippen LogP contribution < -0.4 is 32.1 Å². The standard InChI is InChI=1S/C23H19ClN4O4S/c24-19-16-9-8-14(12-17(16)20(29)32-21(19)31-10-11-33-22(25)26)27-23(30)28-18-7-3-5-13-4-1-2-6-15(13)18/h1-9,12H,10-11H2,(H3,25,26)(H2,27,28,30)/p+1. The van der Waals surface area contributed by atoms with E-state index in [1.54, 1.807) is 12.1 Å². The van der Waals surface area contributed by atoms with E-state index in [-0.39, 0.29) is 28.1 Å². The van der Waals surface area contributed by atoms with Crippen LogP contribution in [-0.4, -0.2) is 23.6 Å². The number of nitrogens with one attached hydrogen (secondary N) is 2. The average molecular weight is 484 g/mol. The highest BCUT2D eigenvalue weighted by Gasteiger charge is 2.15. The number of benzene rings is 3. The molecule has 33 heavy (non-hydrogen) atoms. The van der Waals surface area contributed by atoms with E-state index in [4.69, 9.17) is 31.9 Å². The topological polar surface area (TPSA) is 132 Å². The summed E-state index contributed by atoms with van der Waals surface area (Å²) in [5.74, 6) is 0.384. The van der Waals surface area contributed by atoms with Crippen molar-refractivity contribution >= 4 is 67.5 Å². The molecule has 8 nitrogen and oxygen atoms in total. The fourth-order valence-electron chi connectivity index (χ4n) is 3.28. The summed E-state index contributed by atoms with van der Waals surface area (Å²) in [6.45, 7) is 0.199. The molecule has 0 aliphatic carbocycles. The highest BCUT2D eigenvalue weighted by Crippen LogP contribution is 2.32. The Bertz CT molecular complexity index is 1420. The zero-order chi connectivity index (χ0) is 23.4. The second-order valence-corrected chi connectivity index (χ2v) is 8.50. The SMILES string of the molecule is NC(=[NH2+])SCCOc1oc(=O)c2cc(NC(=O)Nc3cccc4ccccc34)ccc2c1Cl. The maximum absolute atomic E-state index is 12.6. The molecule has 0 aliphatic rings. The van der Waals surface area contributed by atoms with E-state index < -0.39 is 11.7 Å². The van der Waals surface area contributed by atoms with Crippen LogP contribution in [0.3, 0.4) is 0 Å². The van der Waals surface area contributed by atoms with E-state index in [0.29, 0.717) is 22.5 Å². The van der Waals surface area contributed by atoms with Crippen molar-refractivity contribution in [2.24, 2.45) is 5.73 Å². The molecule has 0 unspecified atom stereocenters. The number of hydrogen-bond acceptors (Lipinski definition) is 5. The van der Waals surface area contributed by atoms with Crippen LogP contribution in [-0.2, 0) is 0 Å². The average Bonchev–Trinajstić information content (AvgIpc) is 2.80. The van der Waals surface area contributed by atoms with E-state index in [0.717, 1.165) is 10.8 Å². The minimum absolute atomic E-state index is 0.0835. The molecule has 10 heteroatoms. The zero-order valence-corrected chi connectivity index (χ0v) is 18.8. The Morgan fingerprint density at radius 2 is 1.85 bits per heavy atom. The number of fused-ring (bicyclic) bond motifs is 2. The molecule has 6 N–H and O–H groups in total. The number of carbonyl (C=O) groups excluding carboxylic acids is 1. The van der Waals surface area contributed by atoms with Gasteiger partial charge in [-0.25, -0.2) is 9.59 Å². The lowest BCUT2D eigenvalue weighted by atomic mass is 10.1. The number of amides is 2. The Balaban J connectivity index is 1.51. The summed E-state index contributed by atoms with van der Waals surface area (Å²) < 4.78 is 10.7. The second-order valence-electron chi connectivity index (χ2n) is 6.96. The molecule has 0 saturated carbocycles. The van der Waals surface area contributed by atoms with E-state index in [1.807, 2.05) is 42.5 Å². The largest absolute Gasteiger partial charge is 0.463 e. The van der Waals surface area contributed by atoms with Crippen LogP contribution in [0.5, 0.6) is 5.95 Å². The number of hydrogen-bond donors (Lipinski definition) is 4. The van der Waals surface area contributed by atoms with E-state index >= 15 is 0 Å². The Morgan fingerprint density at radius 3 is 2.67 bits per heavy atom. The summed E-state index contributed by atoms with van der Waals surface area (Å²) in [7, 11) is 0. The number of urea groups is 1. The molecule has 3 aromatic carbocycles. The van der Waals surface area contributed by atoms with Crippen molar-refractivity contribution in [2.45, 2.75) is 0 Å². The summed E-state index contributed by atoms with van der Waals surface area (Å²) in [6, 6.07) is 17.7. The lowest BCUT2D eigenvalue weighted by Gasteiger charge is -2.11. The van der Waals surface area contributed by atoms with Gasteiger partial charge in [-0.1, -0.05) is 54.1 Å². The Hall–Kier alpha value is -3.69. The highest BCUT2D eigenvalue weighted by atomic mass is 35.5. The number of ether oxygens (including phenoxy) is 1. The van der Waals surface area contributed by atoms with Crippen LogP contribution in [0.25, 0.3) is 21.5 Å². The van der Waals surface area contributed by atoms with Gasteiger partial charge in [0, 0.05) is 22.2 Å². The van der Waals surface area contributed by atoms with Gasteiger partial charge in [0.15, 0.2) is 0 Å². The molecule has 2 amide bonds. The maximum Gasteiger partial charge on any atom is 0.346 e. The predicted molar refractivity (Wildman–Crippen MR) is 133 cm³/mol. The third kappa shape index (κ3) is 5.21. The Morgan fingerprint density at radius 1 is 1.06 bits per heavy atom. The minimum atomic E-state index is -0.639. The molecular formula is C23H20ClN4O4S+. The zero-order valence-electron chi connectivity index (χ0n) is 17.3. The number of rotatable bonds is 6. The number of amidine groups is 1. The normalized spacial score (nSPS) is 10.8. The van der Waals surface area contributed by atoms with Crippen LogP contribution in [0.4, 0.5) is 16.2 Å². The first kappa shape index (κ1) is 22.5. The molecule has 0 fully saturated rings. The van der Waals surface area contributed by atoms with Gasteiger partial charge in [-0.15, -0.1) is 0 Å². The third-order valence-corrected chi connectivity index (χ3v) is 5.78. The molecule has 0 aliphatic heterocycles. The predicted octanol–water partition coefficient (Wildman–Crippen LogP) is 3.43. The first-order valence-electron chi connectivity index (χ1n) is 9.88. The summed E-state index contributed by atoms with van der Waals surface area (Å²) in [4.78, 5) is 25.1. The molecule has 168 valence electrons. The summed E-state index contributed by atoms with van der Waals surface area (Å²) in [6.07, 6.45) is 0. The second kappa shape index (κ2) is 9.85. The van der Waals surface area contributed by atoms with Gasteiger partial charge in [0.25, 0.3) is 5.17 Å². The van der Waals surface area contributed by atoms with Crippen molar-refractivity contribution in [2.75, 3.05) is 23.0 Å². The van der Waals surface area contributed by atoms with Crippen LogP contribution in [0.15, 0.2) is 69.9 Å². The minimum Gasteiger partial charge on any atom is -0.463 e. The van der Waals surface area contributed by atoms with Crippen molar-refractivity contribution in [3.05, 3.63) is 76.1 Å². The van der Waals surface area contributed by atoms with Crippen LogP contribution in [0, 0.1) is 0 Å². The van der Waals surface area contributed by atoms with Gasteiger partial charge in [0.2, 0.25) is 0 Å². The van der Waals surface area contributed by atoms with Gasteiger partial charge < -0.3 is 19.8 Å². The highest BCUT2D eigenvalue weighted by molar-refractivity contribution is 8.13. The first-order chi connectivity index (χ1) is 15.9. The molecule has 0 bridgehead atoms. The molecule has 4 rings (SSSR count). The summed E-state index contributed by atoms with van der Waals surface area (Å²) in [5, 5.41) is 13.9. The van der Waals surface area contributed by atoms with E-state index in [9.17, 15) is 9.59 Å². The van der Waals surface area contributed by atoms with Crippen molar-refractivity contribution in [1.29, 1.82) is 0 Å². The van der Waals surface area contributed by atoms with Crippen molar-refractivity contribution in [1.82, 2.24) is 0 Å². The van der Waals surface area contributed by atoms with Gasteiger partial charge in [0.1, 0.15) is 11.6 Å². The van der Waals surface area contributed by atoms with Gasteiger partial charge >= 0.3 is 17.6 Å². The molecular weight excluding hydrogens is 464 g/mol. The van der Waals surface area contributed by atoms with Crippen molar-refractivity contribution < 1.29 is 19.4 Å². The number of carbonyl (C=O) groups is 1. The van der Waals surface area contributed by atoms with E-state index in [1.165, 1.54) is 17.8 Å². The first-order valence-corrected chi connectivity index (χ1v) is 11.2. The smallest absolute Gasteiger partial charge is 0.346 e. The number of anilines is 2. The van der Waals surface area contributed by atoms with Crippen molar-refractivity contribution in [3.63, 3.8) is 0 Å². The van der Waals surface area contributed by atoms with Gasteiger partial charge in [-0.05, 0) is 35.3 Å². The van der Waals surface area contributed by atoms with Crippen molar-refractivity contribution in [3.8, 4) is 5.95 Å². The molecule has 0 spiro atoms. The molecule has 1 aromatic heterocycles. The molecule has 0 radical (unpaired) electrons. The Labute approximate surface area is 197 Å². The van der Waals surface area contributed by atoms with Gasteiger partial charge in [-0.2, -0.15) is 0 Å². The molecule has 0 saturated heterocycles. The molecule has 4 aromatic rings. The van der Waals surface area contributed by atoms with Crippen LogP contribution in [0.2, 0.25) is 5.02 Å². The monoisotopic (exact) mass is 483 g/mol. The van der Waals surface area contributed by atoms with E-state index in [2.05, 4.69) is 10.6 Å². The lowest BCUT2D eigenvalue weighted by molar-refractivity contribution is -0.110. The van der Waals surface area contributed by atoms with Gasteiger partial charge in [0.05, 0.1) is 11.1 Å². The van der Waals surface area contributed by atoms with Crippen LogP contribution >= 0.6 is 23.4 Å². The van der Waals surface area contributed by atoms with Gasteiger partial charge in [-0.3, -0.25) is 11.1 Å². The third-order valence-electron chi connectivity index (χ3n) is 4.72. The summed E-state index contributed by atoms with van der Waals surface area (Å²) in [5.41, 5.74) is 5.82. The number of nitrogens with two attached hydrogens (primary N) is 2.